The summed E-state index contributed by atoms with van der Waals surface area (Å²) >= 11 is 0. The van der Waals surface area contributed by atoms with Crippen LogP contribution >= 0.6 is 0 Å². The molecule has 18 bridgehead atoms. The monoisotopic (exact) mass is 646 g/mol. The lowest BCUT2D eigenvalue weighted by Crippen LogP contribution is -2.05. The highest BCUT2D eigenvalue weighted by atomic mass is 16.5. The van der Waals surface area contributed by atoms with Crippen molar-refractivity contribution in [3.8, 4) is 22.9 Å². The molecule has 240 valence electrons. The molecule has 0 fully saturated rings. The van der Waals surface area contributed by atoms with Crippen molar-refractivity contribution in [2.24, 2.45) is 0 Å². The Morgan fingerprint density at radius 2 is 0.959 bits per heavy atom. The summed E-state index contributed by atoms with van der Waals surface area (Å²) in [4.78, 5) is 19.5. The molecular weight excluding hydrogens is 616 g/mol. The van der Waals surface area contributed by atoms with Crippen molar-refractivity contribution < 1.29 is 18.9 Å². The molecule has 0 N–H and O–H groups in total. The Labute approximate surface area is 280 Å². The standard InChI is InChI=1S/C39H30N6O4/c1-14-48-28-8-4-26(5-9-28)44-32-12-2-24-16-30(32)38-34(44)18-40-36(42-38)22-47-23-37-41-19-35-39(43-37)31-17-25(21-46-20-24)3-13-33(31)45(35)27-6-10-29(11-7-27)49-15-1/h2-13,16-19H,1,14-15,20-23H2. The van der Waals surface area contributed by atoms with Gasteiger partial charge in [-0.25, -0.2) is 19.9 Å². The molecule has 8 aromatic rings. The predicted octanol–water partition coefficient (Wildman–Crippen LogP) is 7.37. The second-order valence-corrected chi connectivity index (χ2v) is 12.4. The van der Waals surface area contributed by atoms with E-state index in [0.29, 0.717) is 38.1 Å². The van der Waals surface area contributed by atoms with Crippen LogP contribution in [0.3, 0.4) is 0 Å². The third-order valence-corrected chi connectivity index (χ3v) is 9.25. The number of benzene rings is 4. The molecule has 0 spiro atoms. The minimum absolute atomic E-state index is 0.221. The van der Waals surface area contributed by atoms with Crippen LogP contribution in [0.15, 0.2) is 97.3 Å². The van der Waals surface area contributed by atoms with Crippen molar-refractivity contribution in [3.63, 3.8) is 0 Å². The third-order valence-electron chi connectivity index (χ3n) is 9.25. The van der Waals surface area contributed by atoms with Crippen molar-refractivity contribution >= 4 is 43.9 Å². The fourth-order valence-corrected chi connectivity index (χ4v) is 6.96. The zero-order valence-corrected chi connectivity index (χ0v) is 26.5. The van der Waals surface area contributed by atoms with E-state index < -0.39 is 0 Å². The predicted molar refractivity (Wildman–Crippen MR) is 185 cm³/mol. The molecule has 13 aliphatic heterocycles. The summed E-state index contributed by atoms with van der Waals surface area (Å²) in [5.41, 5.74) is 9.71. The van der Waals surface area contributed by atoms with Gasteiger partial charge in [0.05, 0.1) is 60.9 Å². The number of rotatable bonds is 0. The number of aromatic nitrogens is 6. The molecule has 0 saturated heterocycles. The molecule has 17 heterocycles. The molecule has 0 radical (unpaired) electrons. The number of hydrogen-bond acceptors (Lipinski definition) is 8. The van der Waals surface area contributed by atoms with Crippen molar-refractivity contribution in [1.29, 1.82) is 0 Å². The number of ether oxygens (including phenoxy) is 4. The molecule has 10 nitrogen and oxygen atoms in total. The van der Waals surface area contributed by atoms with Crippen LogP contribution in [0.1, 0.15) is 29.2 Å². The maximum atomic E-state index is 6.33. The van der Waals surface area contributed by atoms with E-state index in [1.807, 2.05) is 36.7 Å². The summed E-state index contributed by atoms with van der Waals surface area (Å²) in [6.07, 6.45) is 4.51. The van der Waals surface area contributed by atoms with E-state index in [-0.39, 0.29) is 13.2 Å². The SMILES string of the molecule is c1cc2c3cc1COCc1ccc4c(c1)c1nc5ncc1n4-c1ccc(cc1)OCCCOc1ccc(cc1)-n2c1cnc(nc31)COC5. The smallest absolute Gasteiger partial charge is 0.154 e. The lowest BCUT2D eigenvalue weighted by Gasteiger charge is -2.12. The second kappa shape index (κ2) is 11.4. The third kappa shape index (κ3) is 4.87. The topological polar surface area (TPSA) is 98.3 Å². The first kappa shape index (κ1) is 28.2. The van der Waals surface area contributed by atoms with E-state index in [9.17, 15) is 0 Å². The van der Waals surface area contributed by atoms with Gasteiger partial charge in [-0.3, -0.25) is 0 Å². The summed E-state index contributed by atoms with van der Waals surface area (Å²) in [5, 5.41) is 2.05. The average Bonchev–Trinajstić information content (AvgIpc) is 3.63. The molecule has 0 atom stereocenters. The highest BCUT2D eigenvalue weighted by Crippen LogP contribution is 2.34. The minimum Gasteiger partial charge on any atom is -0.493 e. The highest BCUT2D eigenvalue weighted by Gasteiger charge is 2.19. The molecule has 0 amide bonds. The summed E-state index contributed by atoms with van der Waals surface area (Å²) in [7, 11) is 0. The quantitative estimate of drug-likeness (QED) is 0.169. The maximum Gasteiger partial charge on any atom is 0.154 e. The normalized spacial score (nSPS) is 14.9. The molecule has 0 unspecified atom stereocenters. The molecule has 4 aromatic heterocycles. The molecular formula is C39H30N6O4. The van der Waals surface area contributed by atoms with E-state index in [1.54, 1.807) is 0 Å². The Kier molecular flexibility index (Phi) is 6.56. The van der Waals surface area contributed by atoms with Gasteiger partial charge in [0.15, 0.2) is 11.6 Å². The molecule has 13 aliphatic rings. The Hall–Kier alpha value is -5.84. The Morgan fingerprint density at radius 1 is 0.490 bits per heavy atom. The van der Waals surface area contributed by atoms with Crippen molar-refractivity contribution in [2.45, 2.75) is 32.8 Å². The zero-order chi connectivity index (χ0) is 32.3. The molecule has 49 heavy (non-hydrogen) atoms. The summed E-state index contributed by atoms with van der Waals surface area (Å²) in [6.45, 7) is 2.44. The number of hydrogen-bond donors (Lipinski definition) is 0. The molecule has 4 aromatic carbocycles. The van der Waals surface area contributed by atoms with E-state index >= 15 is 0 Å². The molecule has 21 rings (SSSR count). The maximum absolute atomic E-state index is 6.33. The van der Waals surface area contributed by atoms with Crippen LogP contribution in [0.5, 0.6) is 11.5 Å². The Morgan fingerprint density at radius 3 is 1.45 bits per heavy atom. The van der Waals surface area contributed by atoms with Crippen LogP contribution in [0.25, 0.3) is 55.2 Å². The molecule has 0 aliphatic carbocycles. The molecule has 10 heteroatoms. The fourth-order valence-electron chi connectivity index (χ4n) is 6.96. The first-order valence-corrected chi connectivity index (χ1v) is 16.5. The van der Waals surface area contributed by atoms with Gasteiger partial charge in [-0.1, -0.05) is 12.1 Å². The van der Waals surface area contributed by atoms with Crippen molar-refractivity contribution in [3.05, 3.63) is 120 Å². The zero-order valence-electron chi connectivity index (χ0n) is 26.5. The van der Waals surface area contributed by atoms with Gasteiger partial charge in [0.25, 0.3) is 0 Å². The lowest BCUT2D eigenvalue weighted by atomic mass is 10.1. The fraction of sp³-hybridized carbons (Fsp3) is 0.179. The van der Waals surface area contributed by atoms with Crippen LogP contribution in [0.2, 0.25) is 0 Å². The van der Waals surface area contributed by atoms with Gasteiger partial charge in [0.2, 0.25) is 0 Å². The van der Waals surface area contributed by atoms with Gasteiger partial charge in [0, 0.05) is 28.6 Å². The summed E-state index contributed by atoms with van der Waals surface area (Å²) < 4.78 is 29.0. The van der Waals surface area contributed by atoms with Crippen LogP contribution < -0.4 is 9.47 Å². The molecule has 0 saturated carbocycles. The van der Waals surface area contributed by atoms with E-state index in [4.69, 9.17) is 38.9 Å². The minimum atomic E-state index is 0.221. The van der Waals surface area contributed by atoms with Crippen LogP contribution in [-0.2, 0) is 35.9 Å². The number of nitrogens with zero attached hydrogens (tertiary/aromatic N) is 6. The van der Waals surface area contributed by atoms with Gasteiger partial charge in [-0.05, 0) is 83.9 Å². The van der Waals surface area contributed by atoms with Crippen LogP contribution in [0.4, 0.5) is 0 Å². The second-order valence-electron chi connectivity index (χ2n) is 12.4. The van der Waals surface area contributed by atoms with E-state index in [0.717, 1.165) is 84.3 Å². The van der Waals surface area contributed by atoms with Gasteiger partial charge in [-0.15, -0.1) is 0 Å². The lowest BCUT2D eigenvalue weighted by molar-refractivity contribution is 0.0969. The first-order valence-electron chi connectivity index (χ1n) is 16.5. The summed E-state index contributed by atoms with van der Waals surface area (Å²) in [5.74, 6) is 2.80. The Bertz CT molecular complexity index is 2240. The van der Waals surface area contributed by atoms with Gasteiger partial charge < -0.3 is 28.1 Å². The van der Waals surface area contributed by atoms with Crippen molar-refractivity contribution in [1.82, 2.24) is 29.1 Å². The Balaban J connectivity index is 1.16. The largest absolute Gasteiger partial charge is 0.493 e. The average molecular weight is 647 g/mol. The van der Waals surface area contributed by atoms with Gasteiger partial charge in [0.1, 0.15) is 35.7 Å². The van der Waals surface area contributed by atoms with E-state index in [2.05, 4.69) is 69.8 Å². The van der Waals surface area contributed by atoms with E-state index in [1.165, 1.54) is 0 Å². The first-order chi connectivity index (χ1) is 24.2. The van der Waals surface area contributed by atoms with Crippen molar-refractivity contribution in [2.75, 3.05) is 13.2 Å². The van der Waals surface area contributed by atoms with Crippen LogP contribution in [-0.4, -0.2) is 42.3 Å². The highest BCUT2D eigenvalue weighted by molar-refractivity contribution is 6.08. The van der Waals surface area contributed by atoms with Crippen LogP contribution in [0, 0.1) is 0 Å². The summed E-state index contributed by atoms with van der Waals surface area (Å²) in [6, 6.07) is 29.2. The van der Waals surface area contributed by atoms with Gasteiger partial charge >= 0.3 is 0 Å². The van der Waals surface area contributed by atoms with Gasteiger partial charge in [-0.2, -0.15) is 0 Å².